The largest absolute Gasteiger partial charge is 0.494 e. The summed E-state index contributed by atoms with van der Waals surface area (Å²) in [5.41, 5.74) is 5.21. The van der Waals surface area contributed by atoms with Crippen LogP contribution in [0.15, 0.2) is 116 Å². The van der Waals surface area contributed by atoms with E-state index in [-0.39, 0.29) is 19.2 Å². The number of rotatable bonds is 17. The highest BCUT2D eigenvalue weighted by Crippen LogP contribution is 2.24. The van der Waals surface area contributed by atoms with Crippen molar-refractivity contribution in [3.63, 3.8) is 0 Å². The quantitative estimate of drug-likeness (QED) is 0.0354. The van der Waals surface area contributed by atoms with Crippen LogP contribution in [0.5, 0.6) is 17.2 Å². The summed E-state index contributed by atoms with van der Waals surface area (Å²) in [4.78, 5) is 35.3. The zero-order valence-corrected chi connectivity index (χ0v) is 29.4. The molecule has 9 heteroatoms. The van der Waals surface area contributed by atoms with E-state index in [4.69, 9.17) is 18.9 Å². The van der Waals surface area contributed by atoms with Crippen LogP contribution in [0.1, 0.15) is 59.7 Å². The van der Waals surface area contributed by atoms with E-state index in [1.165, 1.54) is 0 Å². The molecule has 52 heavy (non-hydrogen) atoms. The van der Waals surface area contributed by atoms with Crippen molar-refractivity contribution in [2.45, 2.75) is 39.5 Å². The van der Waals surface area contributed by atoms with Crippen LogP contribution in [-0.4, -0.2) is 44.3 Å². The van der Waals surface area contributed by atoms with Crippen LogP contribution in [0.4, 0.5) is 4.39 Å². The lowest BCUT2D eigenvalue weighted by Gasteiger charge is -2.09. The minimum atomic E-state index is -1.14. The summed E-state index contributed by atoms with van der Waals surface area (Å²) < 4.78 is 39.4. The lowest BCUT2D eigenvalue weighted by molar-refractivity contribution is -0.141. The van der Waals surface area contributed by atoms with E-state index in [0.29, 0.717) is 41.6 Å². The number of halogens is 1. The first-order valence-corrected chi connectivity index (χ1v) is 16.8. The molecule has 0 aliphatic heterocycles. The van der Waals surface area contributed by atoms with Gasteiger partial charge in [0.15, 0.2) is 0 Å². The fraction of sp³-hybridized carbons (Fsp3) is 0.233. The fourth-order valence-corrected chi connectivity index (χ4v) is 4.73. The molecule has 0 spiro atoms. The Morgan fingerprint density at radius 3 is 1.79 bits per heavy atom. The van der Waals surface area contributed by atoms with Crippen LogP contribution < -0.4 is 14.2 Å². The molecule has 0 aromatic heterocycles. The van der Waals surface area contributed by atoms with Crippen molar-refractivity contribution in [3.8, 4) is 40.2 Å². The van der Waals surface area contributed by atoms with E-state index in [2.05, 4.69) is 29.7 Å². The van der Waals surface area contributed by atoms with Gasteiger partial charge in [0.2, 0.25) is 5.83 Å². The first-order valence-electron chi connectivity index (χ1n) is 16.8. The lowest BCUT2D eigenvalue weighted by Crippen LogP contribution is -2.12. The van der Waals surface area contributed by atoms with Crippen molar-refractivity contribution in [2.75, 3.05) is 26.4 Å². The van der Waals surface area contributed by atoms with Gasteiger partial charge in [0.05, 0.1) is 18.8 Å². The van der Waals surface area contributed by atoms with E-state index in [1.807, 2.05) is 55.5 Å². The van der Waals surface area contributed by atoms with Crippen LogP contribution in [0.3, 0.4) is 0 Å². The second-order valence-corrected chi connectivity index (χ2v) is 11.8. The van der Waals surface area contributed by atoms with Crippen LogP contribution in [-0.2, 0) is 19.1 Å². The average molecular weight is 705 g/mol. The van der Waals surface area contributed by atoms with E-state index in [1.54, 1.807) is 49.4 Å². The van der Waals surface area contributed by atoms with Gasteiger partial charge in [0.25, 0.3) is 0 Å². The summed E-state index contributed by atoms with van der Waals surface area (Å²) >= 11 is 0. The summed E-state index contributed by atoms with van der Waals surface area (Å²) in [6.07, 6.45) is 3.55. The van der Waals surface area contributed by atoms with Gasteiger partial charge in [-0.2, -0.15) is 4.39 Å². The molecular formula is C43H41FO8. The van der Waals surface area contributed by atoms with Gasteiger partial charge in [-0.3, -0.25) is 0 Å². The molecular weight excluding hydrogens is 663 g/mol. The molecule has 0 N–H and O–H groups in total. The SMILES string of the molecule is C=C(C)C(=O)OCCCCCCOc1ccc(C(=O)Oc2ccc(C#Cc3ccc(-c4ccc(OCCOC(=O)C(=C)F)cc4)cc3)cc2C)cc1. The van der Waals surface area contributed by atoms with E-state index < -0.39 is 17.8 Å². The van der Waals surface area contributed by atoms with Crippen molar-refractivity contribution < 1.29 is 42.5 Å². The molecule has 0 saturated heterocycles. The summed E-state index contributed by atoms with van der Waals surface area (Å²) in [5, 5.41) is 0. The zero-order valence-electron chi connectivity index (χ0n) is 29.4. The summed E-state index contributed by atoms with van der Waals surface area (Å²) in [5.74, 6) is 5.00. The van der Waals surface area contributed by atoms with Crippen molar-refractivity contribution in [2.24, 2.45) is 0 Å². The Bertz CT molecular complexity index is 1920. The molecule has 0 aliphatic rings. The molecule has 0 fully saturated rings. The van der Waals surface area contributed by atoms with Crippen molar-refractivity contribution in [3.05, 3.63) is 138 Å². The van der Waals surface area contributed by atoms with Gasteiger partial charge in [-0.05, 0) is 123 Å². The molecule has 0 amide bonds. The zero-order chi connectivity index (χ0) is 37.3. The molecule has 0 radical (unpaired) electrons. The van der Waals surface area contributed by atoms with Crippen LogP contribution >= 0.6 is 0 Å². The van der Waals surface area contributed by atoms with Crippen LogP contribution in [0.25, 0.3) is 11.1 Å². The molecule has 4 aromatic carbocycles. The van der Waals surface area contributed by atoms with Gasteiger partial charge in [-0.15, -0.1) is 0 Å². The second kappa shape index (κ2) is 19.9. The molecule has 0 aliphatic carbocycles. The molecule has 268 valence electrons. The third kappa shape index (κ3) is 12.6. The Labute approximate surface area is 303 Å². The van der Waals surface area contributed by atoms with E-state index >= 15 is 0 Å². The normalized spacial score (nSPS) is 10.3. The van der Waals surface area contributed by atoms with Gasteiger partial charge >= 0.3 is 17.9 Å². The summed E-state index contributed by atoms with van der Waals surface area (Å²) in [7, 11) is 0. The number of benzene rings is 4. The minimum absolute atomic E-state index is 0.0840. The van der Waals surface area contributed by atoms with Gasteiger partial charge < -0.3 is 23.7 Å². The second-order valence-electron chi connectivity index (χ2n) is 11.8. The first kappa shape index (κ1) is 38.7. The average Bonchev–Trinajstić information content (AvgIpc) is 3.15. The third-order valence-electron chi connectivity index (χ3n) is 7.59. The number of unbranched alkanes of at least 4 members (excludes halogenated alkanes) is 3. The first-order chi connectivity index (χ1) is 25.1. The summed E-state index contributed by atoms with van der Waals surface area (Å²) in [6.45, 7) is 10.9. The highest BCUT2D eigenvalue weighted by atomic mass is 19.1. The molecule has 0 unspecified atom stereocenters. The molecule has 4 rings (SSSR count). The van der Waals surface area contributed by atoms with E-state index in [9.17, 15) is 18.8 Å². The molecule has 0 saturated carbocycles. The van der Waals surface area contributed by atoms with Gasteiger partial charge in [0.1, 0.15) is 30.5 Å². The number of aryl methyl sites for hydroxylation is 1. The monoisotopic (exact) mass is 704 g/mol. The maximum Gasteiger partial charge on any atom is 0.366 e. The van der Waals surface area contributed by atoms with Crippen molar-refractivity contribution in [1.82, 2.24) is 0 Å². The number of hydrogen-bond donors (Lipinski definition) is 0. The minimum Gasteiger partial charge on any atom is -0.494 e. The number of ether oxygens (including phenoxy) is 5. The van der Waals surface area contributed by atoms with Crippen molar-refractivity contribution in [1.29, 1.82) is 0 Å². The number of hydrogen-bond acceptors (Lipinski definition) is 8. The van der Waals surface area contributed by atoms with Crippen LogP contribution in [0.2, 0.25) is 0 Å². The smallest absolute Gasteiger partial charge is 0.366 e. The Morgan fingerprint density at radius 2 is 1.17 bits per heavy atom. The van der Waals surface area contributed by atoms with Crippen LogP contribution in [0, 0.1) is 18.8 Å². The van der Waals surface area contributed by atoms with Crippen molar-refractivity contribution >= 4 is 17.9 Å². The highest BCUT2D eigenvalue weighted by Gasteiger charge is 2.11. The maximum absolute atomic E-state index is 12.8. The predicted octanol–water partition coefficient (Wildman–Crippen LogP) is 8.74. The van der Waals surface area contributed by atoms with Gasteiger partial charge in [-0.25, -0.2) is 14.4 Å². The number of carbonyl (C=O) groups excluding carboxylic acids is 3. The molecule has 0 bridgehead atoms. The number of carbonyl (C=O) groups is 3. The van der Waals surface area contributed by atoms with Gasteiger partial charge in [-0.1, -0.05) is 49.3 Å². The topological polar surface area (TPSA) is 97.4 Å². The number of esters is 3. The predicted molar refractivity (Wildman–Crippen MR) is 197 cm³/mol. The highest BCUT2D eigenvalue weighted by molar-refractivity contribution is 5.91. The molecule has 8 nitrogen and oxygen atoms in total. The lowest BCUT2D eigenvalue weighted by atomic mass is 10.0. The van der Waals surface area contributed by atoms with E-state index in [0.717, 1.165) is 53.5 Å². The third-order valence-corrected chi connectivity index (χ3v) is 7.59. The molecule has 4 aromatic rings. The maximum atomic E-state index is 12.8. The Morgan fingerprint density at radius 1 is 0.635 bits per heavy atom. The Hall–Kier alpha value is -6.14. The van der Waals surface area contributed by atoms with Gasteiger partial charge in [0, 0.05) is 16.7 Å². The Balaban J connectivity index is 1.20. The molecule has 0 atom stereocenters. The Kier molecular flexibility index (Phi) is 14.8. The standard InChI is InChI=1S/C43H41FO8/c1-30(2)41(45)50-26-8-6-5-7-25-48-38-22-18-37(19-23-38)43(47)52-40-24-13-34(29-31(40)3)10-9-33-11-14-35(15-12-33)36-16-20-39(21-17-36)49-27-28-51-42(46)32(4)44/h11-24,29H,1,4-8,25-28H2,2-3H3. The fourth-order valence-electron chi connectivity index (χ4n) is 4.73. The molecule has 0 heterocycles. The summed E-state index contributed by atoms with van der Waals surface area (Å²) in [6, 6.07) is 27.5.